The van der Waals surface area contributed by atoms with Crippen LogP contribution >= 0.6 is 22.6 Å². The van der Waals surface area contributed by atoms with E-state index in [0.717, 1.165) is 30.4 Å². The zero-order valence-electron chi connectivity index (χ0n) is 11.7. The van der Waals surface area contributed by atoms with Crippen LogP contribution in [0.4, 0.5) is 9.18 Å². The number of amides is 1. The molecule has 0 aromatic heterocycles. The van der Waals surface area contributed by atoms with E-state index in [1.54, 1.807) is 0 Å². The number of hydrogen-bond acceptors (Lipinski definition) is 4. The molecular weight excluding hydrogens is 392 g/mol. The third-order valence-electron chi connectivity index (χ3n) is 4.79. The number of nitrogens with zero attached hydrogens (tertiary/aromatic N) is 1. The summed E-state index contributed by atoms with van der Waals surface area (Å²) in [5, 5.41) is 0. The zero-order valence-corrected chi connectivity index (χ0v) is 13.8. The van der Waals surface area contributed by atoms with Crippen LogP contribution in [0, 0.1) is 11.3 Å². The summed E-state index contributed by atoms with van der Waals surface area (Å²) in [6.45, 7) is 0. The molecule has 0 aromatic rings. The molecule has 1 saturated carbocycles. The van der Waals surface area contributed by atoms with Crippen LogP contribution in [0.3, 0.4) is 0 Å². The van der Waals surface area contributed by atoms with Crippen LogP contribution in [0.1, 0.15) is 32.1 Å². The number of carbonyl (C=O) groups is 2. The van der Waals surface area contributed by atoms with Crippen molar-refractivity contribution in [3.63, 3.8) is 0 Å². The maximum atomic E-state index is 14.7. The van der Waals surface area contributed by atoms with Gasteiger partial charge in [0.25, 0.3) is 0 Å². The monoisotopic (exact) mass is 409 g/mol. The van der Waals surface area contributed by atoms with Crippen molar-refractivity contribution in [3.05, 3.63) is 12.0 Å². The van der Waals surface area contributed by atoms with Crippen LogP contribution in [0.2, 0.25) is 0 Å². The highest BCUT2D eigenvalue weighted by atomic mass is 127. The van der Waals surface area contributed by atoms with E-state index in [4.69, 9.17) is 4.74 Å². The molecule has 1 amide bonds. The van der Waals surface area contributed by atoms with Crippen LogP contribution in [-0.4, -0.2) is 34.2 Å². The zero-order chi connectivity index (χ0) is 15.2. The van der Waals surface area contributed by atoms with Crippen molar-refractivity contribution in [1.29, 1.82) is 0 Å². The van der Waals surface area contributed by atoms with Gasteiger partial charge in [0.2, 0.25) is 0 Å². The quantitative estimate of drug-likeness (QED) is 0.351. The summed E-state index contributed by atoms with van der Waals surface area (Å²) < 4.78 is 24.5. The number of esters is 1. The fraction of sp³-hybridized carbons (Fsp3) is 0.714. The van der Waals surface area contributed by atoms with Gasteiger partial charge in [0.15, 0.2) is 6.23 Å². The third-order valence-corrected chi connectivity index (χ3v) is 6.12. The van der Waals surface area contributed by atoms with Gasteiger partial charge in [-0.2, -0.15) is 0 Å². The van der Waals surface area contributed by atoms with Crippen LogP contribution in [0.15, 0.2) is 12.0 Å². The van der Waals surface area contributed by atoms with Gasteiger partial charge in [-0.25, -0.2) is 14.1 Å². The molecule has 116 valence electrons. The average Bonchev–Trinajstić information content (AvgIpc) is 2.48. The second-order valence-electron chi connectivity index (χ2n) is 5.83. The molecule has 2 bridgehead atoms. The predicted molar refractivity (Wildman–Crippen MR) is 80.1 cm³/mol. The number of halogens is 2. The topological polar surface area (TPSA) is 55.8 Å². The number of allylic oxidation sites excluding steroid dienone is 1. The standard InChI is InChI=1S/C14H17FINO4/c1-20-13(19)17-7-8(15)9-10(16)11(17)21-12(18)14(9)5-3-2-4-6-14/h7,9-11H,2-6H2,1H3/t9-,10+,11-/m1/s1. The number of methoxy groups -OCH3 is 1. The largest absolute Gasteiger partial charge is 0.452 e. The first-order chi connectivity index (χ1) is 10.0. The van der Waals surface area contributed by atoms with Crippen LogP contribution < -0.4 is 0 Å². The number of alkyl halides is 1. The molecule has 0 radical (unpaired) electrons. The highest BCUT2D eigenvalue weighted by Crippen LogP contribution is 2.55. The molecule has 3 atom stereocenters. The lowest BCUT2D eigenvalue weighted by molar-refractivity contribution is -0.190. The summed E-state index contributed by atoms with van der Waals surface area (Å²) in [6.07, 6.45) is 3.83. The van der Waals surface area contributed by atoms with E-state index >= 15 is 0 Å². The molecule has 3 aliphatic rings. The average molecular weight is 409 g/mol. The first-order valence-corrected chi connectivity index (χ1v) is 8.34. The number of hydrogen-bond donors (Lipinski definition) is 0. The van der Waals surface area contributed by atoms with E-state index in [2.05, 4.69) is 27.3 Å². The molecular formula is C14H17FINO4. The van der Waals surface area contributed by atoms with Gasteiger partial charge in [0, 0.05) is 12.1 Å². The molecule has 3 rings (SSSR count). The molecule has 0 aromatic carbocycles. The third kappa shape index (κ3) is 2.15. The van der Waals surface area contributed by atoms with Crippen molar-refractivity contribution in [2.45, 2.75) is 42.3 Å². The van der Waals surface area contributed by atoms with Gasteiger partial charge in [-0.15, -0.1) is 0 Å². The van der Waals surface area contributed by atoms with Gasteiger partial charge in [-0.1, -0.05) is 41.9 Å². The first kappa shape index (κ1) is 15.1. The molecule has 2 fully saturated rings. The fourth-order valence-electron chi connectivity index (χ4n) is 3.76. The molecule has 21 heavy (non-hydrogen) atoms. The SMILES string of the molecule is COC(=O)N1C=C(F)[C@@H]2[C@H](I)[C@H]1OC(=O)C21CCCCC1. The Kier molecular flexibility index (Phi) is 3.87. The minimum atomic E-state index is -0.789. The van der Waals surface area contributed by atoms with Crippen LogP contribution in [0.25, 0.3) is 0 Å². The Morgan fingerprint density at radius 1 is 1.48 bits per heavy atom. The maximum absolute atomic E-state index is 14.7. The van der Waals surface area contributed by atoms with Gasteiger partial charge in [-0.05, 0) is 12.8 Å². The molecule has 1 aliphatic carbocycles. The van der Waals surface area contributed by atoms with E-state index in [9.17, 15) is 14.0 Å². The summed E-state index contributed by atoms with van der Waals surface area (Å²) in [6, 6.07) is 0. The van der Waals surface area contributed by atoms with Crippen molar-refractivity contribution in [1.82, 2.24) is 4.90 Å². The maximum Gasteiger partial charge on any atom is 0.416 e. The molecule has 2 aliphatic heterocycles. The normalized spacial score (nSPS) is 34.2. The molecule has 1 saturated heterocycles. The van der Waals surface area contributed by atoms with E-state index in [1.165, 1.54) is 7.11 Å². The lowest BCUT2D eigenvalue weighted by atomic mass is 9.62. The Bertz CT molecular complexity index is 503. The number of carbonyl (C=O) groups excluding carboxylic acids is 2. The highest BCUT2D eigenvalue weighted by molar-refractivity contribution is 14.1. The predicted octanol–water partition coefficient (Wildman–Crippen LogP) is 3.13. The van der Waals surface area contributed by atoms with Gasteiger partial charge in [0.05, 0.1) is 16.4 Å². The summed E-state index contributed by atoms with van der Waals surface area (Å²) >= 11 is 2.09. The summed E-state index contributed by atoms with van der Waals surface area (Å²) in [5.74, 6) is -1.30. The Morgan fingerprint density at radius 2 is 2.14 bits per heavy atom. The van der Waals surface area contributed by atoms with Crippen molar-refractivity contribution in [2.75, 3.05) is 7.11 Å². The molecule has 2 heterocycles. The van der Waals surface area contributed by atoms with E-state index in [-0.39, 0.29) is 9.89 Å². The Labute approximate surface area is 136 Å². The molecule has 5 nitrogen and oxygen atoms in total. The van der Waals surface area contributed by atoms with Crippen molar-refractivity contribution < 1.29 is 23.5 Å². The summed E-state index contributed by atoms with van der Waals surface area (Å²) in [4.78, 5) is 25.3. The van der Waals surface area contributed by atoms with E-state index < -0.39 is 29.5 Å². The second-order valence-corrected chi connectivity index (χ2v) is 7.26. The van der Waals surface area contributed by atoms with Crippen molar-refractivity contribution in [2.24, 2.45) is 11.3 Å². The van der Waals surface area contributed by atoms with Gasteiger partial charge < -0.3 is 9.47 Å². The minimum Gasteiger partial charge on any atom is -0.452 e. The fourth-order valence-corrected chi connectivity index (χ4v) is 5.29. The first-order valence-electron chi connectivity index (χ1n) is 7.10. The number of rotatable bonds is 0. The molecule has 1 spiro atoms. The molecule has 0 N–H and O–H groups in total. The van der Waals surface area contributed by atoms with E-state index in [0.29, 0.717) is 12.8 Å². The Morgan fingerprint density at radius 3 is 2.76 bits per heavy atom. The van der Waals surface area contributed by atoms with E-state index in [1.807, 2.05) is 0 Å². The molecule has 0 unspecified atom stereocenters. The number of ether oxygens (including phenoxy) is 2. The Hall–Kier alpha value is -0.860. The van der Waals surface area contributed by atoms with Gasteiger partial charge >= 0.3 is 12.1 Å². The van der Waals surface area contributed by atoms with Crippen LogP contribution in [-0.2, 0) is 14.3 Å². The molecule has 7 heteroatoms. The van der Waals surface area contributed by atoms with Gasteiger partial charge in [-0.3, -0.25) is 4.79 Å². The highest BCUT2D eigenvalue weighted by Gasteiger charge is 2.61. The van der Waals surface area contributed by atoms with Gasteiger partial charge in [0.1, 0.15) is 5.83 Å². The second kappa shape index (κ2) is 5.40. The summed E-state index contributed by atoms with van der Waals surface area (Å²) in [5.41, 5.74) is -0.761. The smallest absolute Gasteiger partial charge is 0.416 e. The lowest BCUT2D eigenvalue weighted by Gasteiger charge is -2.52. The Balaban J connectivity index is 2.02. The minimum absolute atomic E-state index is 0.303. The summed E-state index contributed by atoms with van der Waals surface area (Å²) in [7, 11) is 1.22. The lowest BCUT2D eigenvalue weighted by Crippen LogP contribution is -2.62. The number of fused-ring (bicyclic) bond motifs is 3. The van der Waals surface area contributed by atoms with Crippen LogP contribution in [0.5, 0.6) is 0 Å². The van der Waals surface area contributed by atoms with Crippen molar-refractivity contribution in [3.8, 4) is 0 Å². The van der Waals surface area contributed by atoms with Crippen molar-refractivity contribution >= 4 is 34.7 Å².